The fourth-order valence-corrected chi connectivity index (χ4v) is 5.13. The summed E-state index contributed by atoms with van der Waals surface area (Å²) in [5, 5.41) is 8.02. The molecule has 0 saturated heterocycles. The number of benzene rings is 1. The summed E-state index contributed by atoms with van der Waals surface area (Å²) >= 11 is 4.22. The van der Waals surface area contributed by atoms with Crippen LogP contribution in [0.3, 0.4) is 0 Å². The summed E-state index contributed by atoms with van der Waals surface area (Å²) in [6.07, 6.45) is -2.51. The summed E-state index contributed by atoms with van der Waals surface area (Å²) in [5.74, 6) is 0.0906. The van der Waals surface area contributed by atoms with Gasteiger partial charge in [0.25, 0.3) is 0 Å². The lowest BCUT2D eigenvalue weighted by Crippen LogP contribution is -2.08. The molecule has 0 atom stereocenters. The number of alkyl halides is 3. The topological polar surface area (TPSA) is 47.8 Å². The van der Waals surface area contributed by atoms with Crippen molar-refractivity contribution in [2.45, 2.75) is 28.7 Å². The Labute approximate surface area is 172 Å². The first kappa shape index (κ1) is 20.9. The standard InChI is InChI=1S/C18H16F3N3OS3/c1-10-7-14(15(25)9-27-17-23-22-16(26-3)28-17)11(2)24(10)13-6-4-5-12(8-13)18(19,20)21/h4-8H,9H2,1-3H3. The Morgan fingerprint density at radius 1 is 1.18 bits per heavy atom. The summed E-state index contributed by atoms with van der Waals surface area (Å²) in [6, 6.07) is 6.81. The summed E-state index contributed by atoms with van der Waals surface area (Å²) < 4.78 is 42.3. The molecule has 0 aliphatic heterocycles. The van der Waals surface area contributed by atoms with E-state index in [2.05, 4.69) is 10.2 Å². The van der Waals surface area contributed by atoms with Gasteiger partial charge in [0.1, 0.15) is 0 Å². The molecule has 1 aromatic carbocycles. The quantitative estimate of drug-likeness (QED) is 0.363. The molecule has 28 heavy (non-hydrogen) atoms. The minimum Gasteiger partial charge on any atom is -0.318 e. The molecule has 0 spiro atoms. The van der Waals surface area contributed by atoms with E-state index < -0.39 is 11.7 Å². The van der Waals surface area contributed by atoms with Crippen molar-refractivity contribution in [1.29, 1.82) is 0 Å². The number of hydrogen-bond donors (Lipinski definition) is 0. The van der Waals surface area contributed by atoms with Crippen molar-refractivity contribution in [2.24, 2.45) is 0 Å². The Balaban J connectivity index is 1.84. The lowest BCUT2D eigenvalue weighted by Gasteiger charge is -2.13. The Bertz CT molecular complexity index is 1010. The van der Waals surface area contributed by atoms with Crippen LogP contribution in [-0.4, -0.2) is 32.6 Å². The third-order valence-electron chi connectivity index (χ3n) is 4.05. The number of hydrogen-bond acceptors (Lipinski definition) is 6. The first-order chi connectivity index (χ1) is 13.2. The van der Waals surface area contributed by atoms with Crippen LogP contribution in [0.15, 0.2) is 39.0 Å². The maximum absolute atomic E-state index is 13.0. The highest BCUT2D eigenvalue weighted by atomic mass is 32.2. The molecule has 0 radical (unpaired) electrons. The second-order valence-corrected chi connectivity index (χ2v) is 9.17. The number of nitrogens with zero attached hydrogens (tertiary/aromatic N) is 3. The van der Waals surface area contributed by atoms with E-state index in [1.807, 2.05) is 6.26 Å². The molecule has 0 aliphatic carbocycles. The number of aromatic nitrogens is 3. The van der Waals surface area contributed by atoms with Crippen LogP contribution < -0.4 is 0 Å². The maximum atomic E-state index is 13.0. The molecule has 4 nitrogen and oxygen atoms in total. The molecule has 2 aromatic heterocycles. The van der Waals surface area contributed by atoms with Gasteiger partial charge in [-0.1, -0.05) is 40.9 Å². The molecule has 0 saturated carbocycles. The largest absolute Gasteiger partial charge is 0.416 e. The molecule has 0 amide bonds. The minimum absolute atomic E-state index is 0.0998. The first-order valence-corrected chi connectivity index (χ1v) is 11.1. The van der Waals surface area contributed by atoms with Gasteiger partial charge in [-0.2, -0.15) is 13.2 Å². The first-order valence-electron chi connectivity index (χ1n) is 8.10. The van der Waals surface area contributed by atoms with Crippen LogP contribution in [0.25, 0.3) is 5.69 Å². The van der Waals surface area contributed by atoms with Gasteiger partial charge in [0, 0.05) is 22.6 Å². The number of ketones is 1. The van der Waals surface area contributed by atoms with E-state index in [0.29, 0.717) is 27.0 Å². The third-order valence-corrected chi connectivity index (χ3v) is 7.08. The van der Waals surface area contributed by atoms with Gasteiger partial charge in [-0.05, 0) is 44.4 Å². The van der Waals surface area contributed by atoms with Gasteiger partial charge in [-0.3, -0.25) is 4.79 Å². The van der Waals surface area contributed by atoms with Crippen molar-refractivity contribution < 1.29 is 18.0 Å². The van der Waals surface area contributed by atoms with Gasteiger partial charge < -0.3 is 4.57 Å². The highest BCUT2D eigenvalue weighted by Gasteiger charge is 2.30. The fraction of sp³-hybridized carbons (Fsp3) is 0.278. The van der Waals surface area contributed by atoms with Gasteiger partial charge in [0.2, 0.25) is 0 Å². The van der Waals surface area contributed by atoms with E-state index in [4.69, 9.17) is 0 Å². The zero-order valence-electron chi connectivity index (χ0n) is 15.2. The Kier molecular flexibility index (Phi) is 6.21. The Hall–Kier alpha value is -1.78. The molecular weight excluding hydrogens is 427 g/mol. The van der Waals surface area contributed by atoms with Crippen LogP contribution in [0.5, 0.6) is 0 Å². The van der Waals surface area contributed by atoms with Crippen molar-refractivity contribution in [1.82, 2.24) is 14.8 Å². The highest BCUT2D eigenvalue weighted by molar-refractivity contribution is 8.03. The van der Waals surface area contributed by atoms with E-state index in [9.17, 15) is 18.0 Å². The number of rotatable bonds is 6. The summed E-state index contributed by atoms with van der Waals surface area (Å²) in [5.41, 5.74) is 1.47. The normalized spacial score (nSPS) is 11.8. The van der Waals surface area contributed by atoms with Gasteiger partial charge in [0.15, 0.2) is 14.5 Å². The van der Waals surface area contributed by atoms with E-state index in [0.717, 1.165) is 16.5 Å². The van der Waals surface area contributed by atoms with Crippen LogP contribution in [0.2, 0.25) is 0 Å². The number of Topliss-reactive ketones (excluding diaryl/α,β-unsaturated/α-hetero) is 1. The SMILES string of the molecule is CSc1nnc(SCC(=O)c2cc(C)n(-c3cccc(C(F)(F)F)c3)c2C)s1. The van der Waals surface area contributed by atoms with E-state index in [1.54, 1.807) is 30.5 Å². The average Bonchev–Trinajstić information content (AvgIpc) is 3.23. The van der Waals surface area contributed by atoms with Gasteiger partial charge in [-0.15, -0.1) is 10.2 Å². The van der Waals surface area contributed by atoms with Crippen LogP contribution >= 0.6 is 34.9 Å². The van der Waals surface area contributed by atoms with E-state index in [1.165, 1.54) is 40.9 Å². The zero-order valence-corrected chi connectivity index (χ0v) is 17.7. The molecule has 0 aliphatic rings. The van der Waals surface area contributed by atoms with Crippen molar-refractivity contribution in [2.75, 3.05) is 12.0 Å². The lowest BCUT2D eigenvalue weighted by atomic mass is 10.1. The zero-order chi connectivity index (χ0) is 20.5. The van der Waals surface area contributed by atoms with Crippen molar-refractivity contribution >= 4 is 40.6 Å². The molecule has 0 fully saturated rings. The highest BCUT2D eigenvalue weighted by Crippen LogP contribution is 2.32. The van der Waals surface area contributed by atoms with Gasteiger partial charge >= 0.3 is 6.18 Å². The van der Waals surface area contributed by atoms with Crippen molar-refractivity contribution in [3.8, 4) is 5.69 Å². The van der Waals surface area contributed by atoms with Crippen LogP contribution in [0.4, 0.5) is 13.2 Å². The van der Waals surface area contributed by atoms with Gasteiger partial charge in [-0.25, -0.2) is 0 Å². The maximum Gasteiger partial charge on any atom is 0.416 e. The Morgan fingerprint density at radius 2 is 1.89 bits per heavy atom. The predicted molar refractivity (Wildman–Crippen MR) is 107 cm³/mol. The van der Waals surface area contributed by atoms with Crippen molar-refractivity contribution in [3.05, 3.63) is 52.8 Å². The number of carbonyl (C=O) groups is 1. The monoisotopic (exact) mass is 443 g/mol. The van der Waals surface area contributed by atoms with Crippen LogP contribution in [0.1, 0.15) is 27.3 Å². The molecule has 3 aromatic rings. The number of aryl methyl sites for hydroxylation is 1. The second-order valence-electron chi connectivity index (χ2n) is 5.92. The Morgan fingerprint density at radius 3 is 2.54 bits per heavy atom. The summed E-state index contributed by atoms with van der Waals surface area (Å²) in [6.45, 7) is 3.51. The molecule has 0 unspecified atom stereocenters. The number of halogens is 3. The molecule has 10 heteroatoms. The molecular formula is C18H16F3N3OS3. The number of thioether (sulfide) groups is 2. The van der Waals surface area contributed by atoms with E-state index >= 15 is 0 Å². The van der Waals surface area contributed by atoms with Gasteiger partial charge in [0.05, 0.1) is 11.3 Å². The fourth-order valence-electron chi connectivity index (χ4n) is 2.81. The molecule has 148 valence electrons. The second kappa shape index (κ2) is 8.30. The summed E-state index contributed by atoms with van der Waals surface area (Å²) in [7, 11) is 0. The predicted octanol–water partition coefficient (Wildman–Crippen LogP) is 5.66. The molecule has 0 N–H and O–H groups in total. The van der Waals surface area contributed by atoms with Crippen LogP contribution in [0, 0.1) is 13.8 Å². The van der Waals surface area contributed by atoms with Crippen LogP contribution in [-0.2, 0) is 6.18 Å². The molecule has 3 rings (SSSR count). The minimum atomic E-state index is -4.42. The number of carbonyl (C=O) groups excluding carboxylic acids is 1. The molecule has 2 heterocycles. The smallest absolute Gasteiger partial charge is 0.318 e. The molecule has 0 bridgehead atoms. The average molecular weight is 444 g/mol. The third kappa shape index (κ3) is 4.44. The summed E-state index contributed by atoms with van der Waals surface area (Å²) in [4.78, 5) is 12.7. The lowest BCUT2D eigenvalue weighted by molar-refractivity contribution is -0.137. The van der Waals surface area contributed by atoms with E-state index in [-0.39, 0.29) is 11.5 Å². The van der Waals surface area contributed by atoms with Crippen molar-refractivity contribution in [3.63, 3.8) is 0 Å².